The smallest absolute Gasteiger partial charge is 0.262 e. The first-order chi connectivity index (χ1) is 12.4. The van der Waals surface area contributed by atoms with E-state index in [0.29, 0.717) is 30.2 Å². The van der Waals surface area contributed by atoms with Gasteiger partial charge in [0.25, 0.3) is 10.0 Å². The standard InChI is InChI=1S/C18H21FN2O4S/c1-13-11-14(19)3-6-18(13)26(22,23)20-16-12-15(4-5-17(16)24-2)21-7-9-25-10-8-21/h3-6,11-12,20H,7-10H2,1-2H3. The summed E-state index contributed by atoms with van der Waals surface area (Å²) in [6.45, 7) is 4.27. The second-order valence-electron chi connectivity index (χ2n) is 6.00. The summed E-state index contributed by atoms with van der Waals surface area (Å²) in [5.74, 6) is -0.0707. The Morgan fingerprint density at radius 1 is 1.15 bits per heavy atom. The molecule has 0 unspecified atom stereocenters. The van der Waals surface area contributed by atoms with Crippen molar-refractivity contribution in [3.05, 3.63) is 47.8 Å². The van der Waals surface area contributed by atoms with Gasteiger partial charge >= 0.3 is 0 Å². The van der Waals surface area contributed by atoms with Gasteiger partial charge < -0.3 is 14.4 Å². The number of methoxy groups -OCH3 is 1. The summed E-state index contributed by atoms with van der Waals surface area (Å²) >= 11 is 0. The van der Waals surface area contributed by atoms with Crippen LogP contribution in [0.5, 0.6) is 5.75 Å². The molecule has 1 saturated heterocycles. The summed E-state index contributed by atoms with van der Waals surface area (Å²) in [6.07, 6.45) is 0. The second kappa shape index (κ2) is 7.51. The third-order valence-corrected chi connectivity index (χ3v) is 5.76. The van der Waals surface area contributed by atoms with E-state index in [9.17, 15) is 12.8 Å². The van der Waals surface area contributed by atoms with Crippen LogP contribution < -0.4 is 14.4 Å². The highest BCUT2D eigenvalue weighted by atomic mass is 32.2. The summed E-state index contributed by atoms with van der Waals surface area (Å²) < 4.78 is 52.0. The minimum atomic E-state index is -3.88. The number of rotatable bonds is 5. The van der Waals surface area contributed by atoms with Crippen LogP contribution in [-0.4, -0.2) is 41.8 Å². The normalized spacial score (nSPS) is 15.0. The third-order valence-electron chi connectivity index (χ3n) is 4.23. The number of morpholine rings is 1. The van der Waals surface area contributed by atoms with Crippen LogP contribution in [-0.2, 0) is 14.8 Å². The van der Waals surface area contributed by atoms with Crippen LogP contribution in [0.4, 0.5) is 15.8 Å². The Hall–Kier alpha value is -2.32. The molecular weight excluding hydrogens is 359 g/mol. The lowest BCUT2D eigenvalue weighted by Gasteiger charge is -2.29. The van der Waals surface area contributed by atoms with E-state index in [0.717, 1.165) is 24.8 Å². The molecule has 1 fully saturated rings. The van der Waals surface area contributed by atoms with E-state index in [1.807, 2.05) is 6.07 Å². The monoisotopic (exact) mass is 380 g/mol. The Bertz CT molecular complexity index is 896. The van der Waals surface area contributed by atoms with Crippen molar-refractivity contribution in [2.45, 2.75) is 11.8 Å². The van der Waals surface area contributed by atoms with Gasteiger partial charge in [-0.25, -0.2) is 12.8 Å². The molecule has 0 aliphatic carbocycles. The Kier molecular flexibility index (Phi) is 5.33. The highest BCUT2D eigenvalue weighted by molar-refractivity contribution is 7.92. The molecule has 1 aliphatic heterocycles. The van der Waals surface area contributed by atoms with Gasteiger partial charge in [0.05, 0.1) is 30.9 Å². The zero-order valence-corrected chi connectivity index (χ0v) is 15.5. The SMILES string of the molecule is COc1ccc(N2CCOCC2)cc1NS(=O)(=O)c1ccc(F)cc1C. The molecule has 0 spiro atoms. The Balaban J connectivity index is 1.94. The van der Waals surface area contributed by atoms with Crippen molar-refractivity contribution in [2.75, 3.05) is 43.0 Å². The first-order valence-electron chi connectivity index (χ1n) is 8.20. The predicted molar refractivity (Wildman–Crippen MR) is 98.0 cm³/mol. The highest BCUT2D eigenvalue weighted by Gasteiger charge is 2.21. The van der Waals surface area contributed by atoms with Crippen molar-refractivity contribution in [3.63, 3.8) is 0 Å². The fourth-order valence-electron chi connectivity index (χ4n) is 2.91. The van der Waals surface area contributed by atoms with Crippen molar-refractivity contribution in [1.29, 1.82) is 0 Å². The quantitative estimate of drug-likeness (QED) is 0.864. The lowest BCUT2D eigenvalue weighted by Crippen LogP contribution is -2.36. The fraction of sp³-hybridized carbons (Fsp3) is 0.333. The van der Waals surface area contributed by atoms with Crippen LogP contribution in [0.25, 0.3) is 0 Å². The van der Waals surface area contributed by atoms with Gasteiger partial charge in [0, 0.05) is 18.8 Å². The number of nitrogens with zero attached hydrogens (tertiary/aromatic N) is 1. The van der Waals surface area contributed by atoms with Gasteiger partial charge in [0.15, 0.2) is 0 Å². The van der Waals surface area contributed by atoms with Crippen LogP contribution in [0.1, 0.15) is 5.56 Å². The molecule has 8 heteroatoms. The maximum Gasteiger partial charge on any atom is 0.262 e. The van der Waals surface area contributed by atoms with Crippen LogP contribution >= 0.6 is 0 Å². The second-order valence-corrected chi connectivity index (χ2v) is 7.65. The van der Waals surface area contributed by atoms with Gasteiger partial charge in [0.2, 0.25) is 0 Å². The van der Waals surface area contributed by atoms with E-state index in [1.165, 1.54) is 19.2 Å². The van der Waals surface area contributed by atoms with Crippen molar-refractivity contribution in [1.82, 2.24) is 0 Å². The first-order valence-corrected chi connectivity index (χ1v) is 9.69. The molecule has 2 aromatic carbocycles. The van der Waals surface area contributed by atoms with E-state index in [2.05, 4.69) is 9.62 Å². The molecule has 1 aliphatic rings. The molecular formula is C18H21FN2O4S. The molecule has 6 nitrogen and oxygen atoms in total. The van der Waals surface area contributed by atoms with Crippen LogP contribution in [0, 0.1) is 12.7 Å². The van der Waals surface area contributed by atoms with Crippen LogP contribution in [0.15, 0.2) is 41.3 Å². The number of hydrogen-bond acceptors (Lipinski definition) is 5. The zero-order chi connectivity index (χ0) is 18.7. The molecule has 26 heavy (non-hydrogen) atoms. The minimum Gasteiger partial charge on any atom is -0.495 e. The molecule has 2 aromatic rings. The zero-order valence-electron chi connectivity index (χ0n) is 14.7. The average molecular weight is 380 g/mol. The Morgan fingerprint density at radius 3 is 2.54 bits per heavy atom. The molecule has 1 heterocycles. The summed E-state index contributed by atoms with van der Waals surface area (Å²) in [4.78, 5) is 2.14. The fourth-order valence-corrected chi connectivity index (χ4v) is 4.20. The van der Waals surface area contributed by atoms with Gasteiger partial charge in [-0.05, 0) is 48.9 Å². The Labute approximate surface area is 152 Å². The van der Waals surface area contributed by atoms with Crippen molar-refractivity contribution in [2.24, 2.45) is 0 Å². The van der Waals surface area contributed by atoms with Crippen molar-refractivity contribution >= 4 is 21.4 Å². The van der Waals surface area contributed by atoms with Gasteiger partial charge in [0.1, 0.15) is 11.6 Å². The number of sulfonamides is 1. The average Bonchev–Trinajstić information content (AvgIpc) is 2.61. The largest absolute Gasteiger partial charge is 0.495 e. The predicted octanol–water partition coefficient (Wildman–Crippen LogP) is 2.78. The Morgan fingerprint density at radius 2 is 1.88 bits per heavy atom. The minimum absolute atomic E-state index is 0.0257. The van der Waals surface area contributed by atoms with E-state index >= 15 is 0 Å². The van der Waals surface area contributed by atoms with E-state index in [1.54, 1.807) is 19.1 Å². The molecule has 0 atom stereocenters. The van der Waals surface area contributed by atoms with Gasteiger partial charge in [-0.1, -0.05) is 0 Å². The molecule has 0 bridgehead atoms. The van der Waals surface area contributed by atoms with Gasteiger partial charge in [-0.2, -0.15) is 0 Å². The number of benzene rings is 2. The number of halogens is 1. The topological polar surface area (TPSA) is 67.9 Å². The van der Waals surface area contributed by atoms with Gasteiger partial charge in [-0.15, -0.1) is 0 Å². The number of hydrogen-bond donors (Lipinski definition) is 1. The molecule has 1 N–H and O–H groups in total. The molecule has 3 rings (SSSR count). The highest BCUT2D eigenvalue weighted by Crippen LogP contribution is 2.32. The summed E-state index contributed by atoms with van der Waals surface area (Å²) in [6, 6.07) is 8.91. The molecule has 0 radical (unpaired) electrons. The van der Waals surface area contributed by atoms with E-state index in [4.69, 9.17) is 9.47 Å². The van der Waals surface area contributed by atoms with E-state index in [-0.39, 0.29) is 4.90 Å². The lowest BCUT2D eigenvalue weighted by atomic mass is 10.2. The molecule has 0 aromatic heterocycles. The van der Waals surface area contributed by atoms with Crippen LogP contribution in [0.3, 0.4) is 0 Å². The molecule has 0 amide bonds. The third kappa shape index (κ3) is 3.91. The van der Waals surface area contributed by atoms with Gasteiger partial charge in [-0.3, -0.25) is 4.72 Å². The summed E-state index contributed by atoms with van der Waals surface area (Å²) in [7, 11) is -2.40. The first kappa shape index (κ1) is 18.5. The maximum atomic E-state index is 13.3. The lowest BCUT2D eigenvalue weighted by molar-refractivity contribution is 0.122. The molecule has 140 valence electrons. The number of ether oxygens (including phenoxy) is 2. The van der Waals surface area contributed by atoms with Crippen LogP contribution in [0.2, 0.25) is 0 Å². The summed E-state index contributed by atoms with van der Waals surface area (Å²) in [5, 5.41) is 0. The van der Waals surface area contributed by atoms with Crippen molar-refractivity contribution in [3.8, 4) is 5.75 Å². The summed E-state index contributed by atoms with van der Waals surface area (Å²) in [5.41, 5.74) is 1.55. The number of nitrogens with one attached hydrogen (secondary N) is 1. The number of anilines is 2. The van der Waals surface area contributed by atoms with Crippen molar-refractivity contribution < 1.29 is 22.3 Å². The number of aryl methyl sites for hydroxylation is 1. The maximum absolute atomic E-state index is 13.3. The van der Waals surface area contributed by atoms with E-state index < -0.39 is 15.8 Å². The molecule has 0 saturated carbocycles.